The fourth-order valence-electron chi connectivity index (χ4n) is 1.28. The van der Waals surface area contributed by atoms with E-state index in [1.165, 1.54) is 0 Å². The molecule has 2 aromatic rings. The van der Waals surface area contributed by atoms with Crippen LogP contribution in [0, 0.1) is 0 Å². The molecule has 1 heterocycles. The molecule has 3 nitrogen and oxygen atoms in total. The van der Waals surface area contributed by atoms with Crippen molar-refractivity contribution in [2.75, 3.05) is 0 Å². The number of carboxylic acids is 1. The van der Waals surface area contributed by atoms with Gasteiger partial charge in [0.25, 0.3) is 0 Å². The molecule has 0 bridgehead atoms. The van der Waals surface area contributed by atoms with Gasteiger partial charge in [-0.3, -0.25) is 4.98 Å². The largest absolute Gasteiger partial charge is 0.478 e. The Hall–Kier alpha value is -1.26. The van der Waals surface area contributed by atoms with Crippen LogP contribution >= 0.6 is 0 Å². The van der Waals surface area contributed by atoms with Crippen LogP contribution in [0.15, 0.2) is 36.5 Å². The summed E-state index contributed by atoms with van der Waals surface area (Å²) in [5.74, 6) is -0.940. The first-order valence-corrected chi connectivity index (χ1v) is 3.86. The zero-order valence-corrected chi connectivity index (χ0v) is 9.77. The Labute approximate surface area is 93.8 Å². The second-order valence-electron chi connectivity index (χ2n) is 2.69. The predicted molar refractivity (Wildman–Crippen MR) is 54.5 cm³/mol. The number of nitrogens with zero attached hydrogens (tertiary/aromatic N) is 1. The molecule has 0 amide bonds. The molecule has 0 fully saturated rings. The minimum absolute atomic E-state index is 0. The number of pyridine rings is 1. The molecule has 1 aromatic carbocycles. The van der Waals surface area contributed by atoms with Crippen molar-refractivity contribution < 1.29 is 9.90 Å². The Kier molecular flexibility index (Phi) is 3.32. The Bertz CT molecular complexity index is 465. The smallest absolute Gasteiger partial charge is 0.337 e. The molecule has 0 saturated carbocycles. The van der Waals surface area contributed by atoms with Gasteiger partial charge in [-0.1, -0.05) is 18.2 Å². The molecule has 67 valence electrons. The van der Waals surface area contributed by atoms with E-state index < -0.39 is 5.97 Å². The number of carboxylic acid groups (broad SMARTS) is 1. The third-order valence-corrected chi connectivity index (χ3v) is 1.86. The van der Waals surface area contributed by atoms with Crippen molar-refractivity contribution in [1.82, 2.24) is 4.98 Å². The maximum atomic E-state index is 10.8. The zero-order chi connectivity index (χ0) is 9.26. The van der Waals surface area contributed by atoms with Gasteiger partial charge in [0.2, 0.25) is 0 Å². The van der Waals surface area contributed by atoms with E-state index in [0.717, 1.165) is 5.39 Å². The minimum atomic E-state index is -0.940. The standard InChI is InChI=1S/C10H7NO2.Ga/c12-10(13)8-5-1-3-7-4-2-6-11-9(7)8;/h1-6H,(H,12,13);. The van der Waals surface area contributed by atoms with Crippen molar-refractivity contribution in [1.29, 1.82) is 0 Å². The number of aromatic nitrogens is 1. The van der Waals surface area contributed by atoms with Crippen LogP contribution in [0.3, 0.4) is 0 Å². The Morgan fingerprint density at radius 3 is 2.64 bits per heavy atom. The summed E-state index contributed by atoms with van der Waals surface area (Å²) in [7, 11) is 0. The van der Waals surface area contributed by atoms with E-state index in [1.807, 2.05) is 12.1 Å². The number of aromatic carboxylic acids is 1. The summed E-state index contributed by atoms with van der Waals surface area (Å²) in [4.78, 5) is 14.8. The molecular weight excluding hydrogens is 236 g/mol. The van der Waals surface area contributed by atoms with Crippen LogP contribution in [0.5, 0.6) is 0 Å². The normalized spacial score (nSPS) is 9.43. The van der Waals surface area contributed by atoms with Crippen LogP contribution in [0.25, 0.3) is 10.9 Å². The summed E-state index contributed by atoms with van der Waals surface area (Å²) in [5, 5.41) is 9.69. The van der Waals surface area contributed by atoms with Crippen molar-refractivity contribution in [3.05, 3.63) is 42.1 Å². The van der Waals surface area contributed by atoms with Gasteiger partial charge >= 0.3 is 5.97 Å². The van der Waals surface area contributed by atoms with Crippen LogP contribution in [-0.4, -0.2) is 35.9 Å². The van der Waals surface area contributed by atoms with Gasteiger partial charge in [-0.15, -0.1) is 0 Å². The number of hydrogen-bond donors (Lipinski definition) is 1. The van der Waals surface area contributed by atoms with Crippen LogP contribution in [-0.2, 0) is 0 Å². The van der Waals surface area contributed by atoms with E-state index in [9.17, 15) is 4.79 Å². The third-order valence-electron chi connectivity index (χ3n) is 1.86. The van der Waals surface area contributed by atoms with Crippen LogP contribution in [0.2, 0.25) is 0 Å². The van der Waals surface area contributed by atoms with Crippen molar-refractivity contribution in [2.24, 2.45) is 0 Å². The zero-order valence-electron chi connectivity index (χ0n) is 7.34. The molecule has 0 spiro atoms. The van der Waals surface area contributed by atoms with Gasteiger partial charge in [-0.05, 0) is 12.1 Å². The van der Waals surface area contributed by atoms with E-state index in [2.05, 4.69) is 4.98 Å². The fraction of sp³-hybridized carbons (Fsp3) is 0. The summed E-state index contributed by atoms with van der Waals surface area (Å²) >= 11 is 0. The van der Waals surface area contributed by atoms with E-state index in [0.29, 0.717) is 5.52 Å². The van der Waals surface area contributed by atoms with Gasteiger partial charge in [0.05, 0.1) is 11.1 Å². The maximum absolute atomic E-state index is 10.8. The molecule has 4 heteroatoms. The van der Waals surface area contributed by atoms with E-state index in [1.54, 1.807) is 24.4 Å². The average molecular weight is 243 g/mol. The van der Waals surface area contributed by atoms with Gasteiger partial charge in [-0.25, -0.2) is 4.79 Å². The first kappa shape index (κ1) is 10.8. The molecule has 14 heavy (non-hydrogen) atoms. The summed E-state index contributed by atoms with van der Waals surface area (Å²) in [5.41, 5.74) is 0.788. The van der Waals surface area contributed by atoms with E-state index >= 15 is 0 Å². The van der Waals surface area contributed by atoms with Crippen molar-refractivity contribution >= 4 is 36.7 Å². The van der Waals surface area contributed by atoms with Crippen molar-refractivity contribution in [3.8, 4) is 0 Å². The SMILES string of the molecule is O=C(O)c1cccc2cccnc12.[Ga]. The van der Waals surface area contributed by atoms with Crippen LogP contribution in [0.4, 0.5) is 0 Å². The number of benzene rings is 1. The van der Waals surface area contributed by atoms with Gasteiger partial charge in [0.1, 0.15) is 0 Å². The number of rotatable bonds is 1. The second-order valence-corrected chi connectivity index (χ2v) is 2.69. The monoisotopic (exact) mass is 242 g/mol. The quantitative estimate of drug-likeness (QED) is 0.773. The first-order valence-electron chi connectivity index (χ1n) is 3.86. The molecule has 1 aromatic heterocycles. The molecule has 0 aliphatic heterocycles. The Morgan fingerprint density at radius 1 is 1.21 bits per heavy atom. The Morgan fingerprint density at radius 2 is 1.93 bits per heavy atom. The third kappa shape index (κ3) is 1.81. The van der Waals surface area contributed by atoms with Gasteiger partial charge < -0.3 is 5.11 Å². The number of hydrogen-bond acceptors (Lipinski definition) is 2. The first-order chi connectivity index (χ1) is 6.29. The molecule has 0 aliphatic rings. The fourth-order valence-corrected chi connectivity index (χ4v) is 1.28. The molecule has 0 aliphatic carbocycles. The van der Waals surface area contributed by atoms with E-state index in [-0.39, 0.29) is 25.4 Å². The summed E-state index contributed by atoms with van der Waals surface area (Å²) in [6, 6.07) is 8.74. The average Bonchev–Trinajstić information content (AvgIpc) is 2.17. The van der Waals surface area contributed by atoms with Crippen LogP contribution < -0.4 is 0 Å². The van der Waals surface area contributed by atoms with Crippen molar-refractivity contribution in [2.45, 2.75) is 0 Å². The van der Waals surface area contributed by atoms with Gasteiger partial charge in [0, 0.05) is 31.4 Å². The van der Waals surface area contributed by atoms with Gasteiger partial charge in [0.15, 0.2) is 0 Å². The molecule has 0 saturated heterocycles. The molecule has 2 rings (SSSR count). The summed E-state index contributed by atoms with van der Waals surface area (Å²) in [6.07, 6.45) is 1.59. The molecular formula is C10H7GaNO2. The minimum Gasteiger partial charge on any atom is -0.478 e. The summed E-state index contributed by atoms with van der Waals surface area (Å²) < 4.78 is 0. The Balaban J connectivity index is 0.000000980. The number of para-hydroxylation sites is 1. The van der Waals surface area contributed by atoms with Crippen molar-refractivity contribution in [3.63, 3.8) is 0 Å². The van der Waals surface area contributed by atoms with Crippen LogP contribution in [0.1, 0.15) is 10.4 Å². The number of carbonyl (C=O) groups is 1. The molecule has 3 radical (unpaired) electrons. The molecule has 0 unspecified atom stereocenters. The number of fused-ring (bicyclic) bond motifs is 1. The van der Waals surface area contributed by atoms with E-state index in [4.69, 9.17) is 5.11 Å². The maximum Gasteiger partial charge on any atom is 0.337 e. The van der Waals surface area contributed by atoms with Gasteiger partial charge in [-0.2, -0.15) is 0 Å². The topological polar surface area (TPSA) is 50.2 Å². The molecule has 0 atom stereocenters. The summed E-state index contributed by atoms with van der Waals surface area (Å²) in [6.45, 7) is 0. The molecule has 1 N–H and O–H groups in total. The second kappa shape index (κ2) is 4.30. The predicted octanol–water partition coefficient (Wildman–Crippen LogP) is 1.55.